The van der Waals surface area contributed by atoms with E-state index in [0.29, 0.717) is 10.0 Å². The number of benzene rings is 2. The topological polar surface area (TPSA) is 20.2 Å². The molecule has 0 aliphatic carbocycles. The molecule has 4 heteroatoms. The molecule has 0 bridgehead atoms. The molecule has 0 spiro atoms. The minimum Gasteiger partial charge on any atom is -0.392 e. The molecular formula is C13H9Cl2FO. The zero-order valence-corrected chi connectivity index (χ0v) is 10.3. The molecule has 0 saturated carbocycles. The van der Waals surface area contributed by atoms with Gasteiger partial charge in [0, 0.05) is 21.2 Å². The molecule has 0 aliphatic rings. The van der Waals surface area contributed by atoms with Gasteiger partial charge in [-0.2, -0.15) is 0 Å². The van der Waals surface area contributed by atoms with Crippen LogP contribution in [0, 0.1) is 5.82 Å². The van der Waals surface area contributed by atoms with Crippen LogP contribution >= 0.6 is 23.2 Å². The van der Waals surface area contributed by atoms with Crippen molar-refractivity contribution in [2.75, 3.05) is 0 Å². The highest BCUT2D eigenvalue weighted by Crippen LogP contribution is 2.31. The van der Waals surface area contributed by atoms with Crippen LogP contribution in [0.1, 0.15) is 5.56 Å². The summed E-state index contributed by atoms with van der Waals surface area (Å²) in [6, 6.07) is 9.60. The number of rotatable bonds is 2. The van der Waals surface area contributed by atoms with Crippen molar-refractivity contribution >= 4 is 23.2 Å². The Labute approximate surface area is 108 Å². The third-order valence-corrected chi connectivity index (χ3v) is 3.01. The lowest BCUT2D eigenvalue weighted by Gasteiger charge is -2.07. The maximum atomic E-state index is 13.2. The molecule has 0 aromatic heterocycles. The Morgan fingerprint density at radius 2 is 1.82 bits per heavy atom. The monoisotopic (exact) mass is 270 g/mol. The van der Waals surface area contributed by atoms with Gasteiger partial charge in [-0.3, -0.25) is 0 Å². The molecular weight excluding hydrogens is 262 g/mol. The van der Waals surface area contributed by atoms with Crippen molar-refractivity contribution in [3.63, 3.8) is 0 Å². The zero-order chi connectivity index (χ0) is 12.4. The standard InChI is InChI=1S/C13H9Cl2FO/c14-10-2-3-11(12(15)6-10)8-1-4-13(16)9(5-8)7-17/h1-6,17H,7H2. The molecule has 0 fully saturated rings. The average molecular weight is 271 g/mol. The van der Waals surface area contributed by atoms with Gasteiger partial charge in [-0.25, -0.2) is 4.39 Å². The van der Waals surface area contributed by atoms with Crippen LogP contribution in [-0.2, 0) is 6.61 Å². The van der Waals surface area contributed by atoms with Crippen LogP contribution in [0.15, 0.2) is 36.4 Å². The Kier molecular flexibility index (Phi) is 3.67. The van der Waals surface area contributed by atoms with Crippen molar-refractivity contribution < 1.29 is 9.50 Å². The van der Waals surface area contributed by atoms with Crippen LogP contribution in [0.3, 0.4) is 0 Å². The Morgan fingerprint density at radius 3 is 2.47 bits per heavy atom. The second kappa shape index (κ2) is 5.05. The summed E-state index contributed by atoms with van der Waals surface area (Å²) >= 11 is 11.9. The molecule has 0 heterocycles. The van der Waals surface area contributed by atoms with Crippen LogP contribution < -0.4 is 0 Å². The molecule has 2 aromatic rings. The zero-order valence-electron chi connectivity index (χ0n) is 8.75. The van der Waals surface area contributed by atoms with E-state index >= 15 is 0 Å². The second-order valence-electron chi connectivity index (χ2n) is 3.59. The van der Waals surface area contributed by atoms with E-state index < -0.39 is 5.82 Å². The SMILES string of the molecule is OCc1cc(-c2ccc(Cl)cc2Cl)ccc1F. The fourth-order valence-corrected chi connectivity index (χ4v) is 2.10. The number of hydrogen-bond donors (Lipinski definition) is 1. The van der Waals surface area contributed by atoms with Crippen molar-refractivity contribution in [3.8, 4) is 11.1 Å². The van der Waals surface area contributed by atoms with Gasteiger partial charge in [0.1, 0.15) is 5.82 Å². The third kappa shape index (κ3) is 2.60. The Morgan fingerprint density at radius 1 is 1.06 bits per heavy atom. The first-order valence-corrected chi connectivity index (χ1v) is 5.72. The van der Waals surface area contributed by atoms with Gasteiger partial charge in [-0.15, -0.1) is 0 Å². The molecule has 2 rings (SSSR count). The largest absolute Gasteiger partial charge is 0.392 e. The summed E-state index contributed by atoms with van der Waals surface area (Å²) in [5.41, 5.74) is 1.75. The van der Waals surface area contributed by atoms with E-state index in [1.165, 1.54) is 6.07 Å². The summed E-state index contributed by atoms with van der Waals surface area (Å²) in [6.07, 6.45) is 0. The first-order chi connectivity index (χ1) is 8.11. The summed E-state index contributed by atoms with van der Waals surface area (Å²) < 4.78 is 13.2. The van der Waals surface area contributed by atoms with Crippen LogP contribution in [-0.4, -0.2) is 5.11 Å². The predicted molar refractivity (Wildman–Crippen MR) is 67.8 cm³/mol. The van der Waals surface area contributed by atoms with Gasteiger partial charge in [0.15, 0.2) is 0 Å². The number of aliphatic hydroxyl groups excluding tert-OH is 1. The molecule has 1 nitrogen and oxygen atoms in total. The molecule has 0 aliphatic heterocycles. The van der Waals surface area contributed by atoms with Crippen molar-refractivity contribution in [2.45, 2.75) is 6.61 Å². The highest BCUT2D eigenvalue weighted by molar-refractivity contribution is 6.36. The highest BCUT2D eigenvalue weighted by Gasteiger charge is 2.07. The number of hydrogen-bond acceptors (Lipinski definition) is 1. The van der Waals surface area contributed by atoms with E-state index in [-0.39, 0.29) is 12.2 Å². The summed E-state index contributed by atoms with van der Waals surface area (Å²) in [5.74, 6) is -0.429. The summed E-state index contributed by atoms with van der Waals surface area (Å²) in [5, 5.41) is 10.0. The minimum atomic E-state index is -0.429. The number of aliphatic hydroxyl groups is 1. The van der Waals surface area contributed by atoms with Crippen molar-refractivity contribution in [1.29, 1.82) is 0 Å². The van der Waals surface area contributed by atoms with Gasteiger partial charge >= 0.3 is 0 Å². The smallest absolute Gasteiger partial charge is 0.128 e. The van der Waals surface area contributed by atoms with E-state index in [1.54, 1.807) is 30.3 Å². The summed E-state index contributed by atoms with van der Waals surface area (Å²) in [6.45, 7) is -0.342. The normalized spacial score (nSPS) is 10.6. The first-order valence-electron chi connectivity index (χ1n) is 4.96. The lowest BCUT2D eigenvalue weighted by Crippen LogP contribution is -1.91. The van der Waals surface area contributed by atoms with E-state index in [4.69, 9.17) is 28.3 Å². The Bertz CT molecular complexity index is 555. The summed E-state index contributed by atoms with van der Waals surface area (Å²) in [7, 11) is 0. The molecule has 88 valence electrons. The van der Waals surface area contributed by atoms with Gasteiger partial charge in [-0.1, -0.05) is 35.3 Å². The highest BCUT2D eigenvalue weighted by atomic mass is 35.5. The van der Waals surface area contributed by atoms with Crippen molar-refractivity contribution in [3.05, 3.63) is 57.8 Å². The van der Waals surface area contributed by atoms with Gasteiger partial charge < -0.3 is 5.11 Å². The van der Waals surface area contributed by atoms with Gasteiger partial charge in [0.25, 0.3) is 0 Å². The Balaban J connectivity index is 2.53. The predicted octanol–water partition coefficient (Wildman–Crippen LogP) is 4.29. The lowest BCUT2D eigenvalue weighted by atomic mass is 10.0. The van der Waals surface area contributed by atoms with Crippen molar-refractivity contribution in [2.24, 2.45) is 0 Å². The van der Waals surface area contributed by atoms with Crippen LogP contribution in [0.2, 0.25) is 10.0 Å². The van der Waals surface area contributed by atoms with Gasteiger partial charge in [0.2, 0.25) is 0 Å². The Hall–Kier alpha value is -1.09. The first kappa shape index (κ1) is 12.4. The lowest BCUT2D eigenvalue weighted by molar-refractivity contribution is 0.276. The molecule has 1 N–H and O–H groups in total. The molecule has 0 amide bonds. The van der Waals surface area contributed by atoms with E-state index in [2.05, 4.69) is 0 Å². The molecule has 17 heavy (non-hydrogen) atoms. The average Bonchev–Trinajstić information content (AvgIpc) is 2.30. The maximum absolute atomic E-state index is 13.2. The van der Waals surface area contributed by atoms with E-state index in [0.717, 1.165) is 11.1 Å². The van der Waals surface area contributed by atoms with Gasteiger partial charge in [0.05, 0.1) is 6.61 Å². The van der Waals surface area contributed by atoms with E-state index in [9.17, 15) is 4.39 Å². The fourth-order valence-electron chi connectivity index (χ4n) is 1.59. The van der Waals surface area contributed by atoms with Gasteiger partial charge in [-0.05, 0) is 29.8 Å². The second-order valence-corrected chi connectivity index (χ2v) is 4.43. The molecule has 0 radical (unpaired) electrons. The fraction of sp³-hybridized carbons (Fsp3) is 0.0769. The van der Waals surface area contributed by atoms with Crippen LogP contribution in [0.5, 0.6) is 0 Å². The molecule has 2 aromatic carbocycles. The summed E-state index contributed by atoms with van der Waals surface area (Å²) in [4.78, 5) is 0. The molecule has 0 unspecified atom stereocenters. The van der Waals surface area contributed by atoms with Crippen LogP contribution in [0.4, 0.5) is 4.39 Å². The minimum absolute atomic E-state index is 0.244. The van der Waals surface area contributed by atoms with E-state index in [1.807, 2.05) is 0 Å². The van der Waals surface area contributed by atoms with Crippen molar-refractivity contribution in [1.82, 2.24) is 0 Å². The molecule has 0 saturated heterocycles. The van der Waals surface area contributed by atoms with Crippen LogP contribution in [0.25, 0.3) is 11.1 Å². The maximum Gasteiger partial charge on any atom is 0.128 e. The number of halogens is 3. The quantitative estimate of drug-likeness (QED) is 0.863. The molecule has 0 atom stereocenters. The third-order valence-electron chi connectivity index (χ3n) is 2.46.